The van der Waals surface area contributed by atoms with Gasteiger partial charge in [0.05, 0.1) is 0 Å². The maximum absolute atomic E-state index is 13.6. The highest BCUT2D eigenvalue weighted by molar-refractivity contribution is 5.91. The average Bonchev–Trinajstić information content (AvgIpc) is 2.33. The second-order valence-corrected chi connectivity index (χ2v) is 5.27. The van der Waals surface area contributed by atoms with Crippen molar-refractivity contribution in [3.05, 3.63) is 29.6 Å². The normalized spacial score (nSPS) is 19.1. The van der Waals surface area contributed by atoms with Crippen molar-refractivity contribution in [2.75, 3.05) is 20.1 Å². The maximum Gasteiger partial charge on any atom is 0.342 e. The average molecular weight is 267 g/mol. The molecule has 0 amide bonds. The van der Waals surface area contributed by atoms with Gasteiger partial charge in [-0.3, -0.25) is 0 Å². The Balaban J connectivity index is 2.24. The standard InChI is InChI=1S/C14H18FNO3/c1-14(6-8-16(2)9-7-14)19-11-5-3-4-10(15)12(11)13(17)18/h3-5H,6-9H2,1-2H3,(H,17,18). The molecule has 1 aromatic rings. The second-order valence-electron chi connectivity index (χ2n) is 5.27. The third kappa shape index (κ3) is 3.04. The molecule has 1 fully saturated rings. The number of benzene rings is 1. The topological polar surface area (TPSA) is 49.8 Å². The molecule has 0 radical (unpaired) electrons. The van der Waals surface area contributed by atoms with Gasteiger partial charge in [0.25, 0.3) is 0 Å². The molecule has 0 saturated carbocycles. The zero-order valence-electron chi connectivity index (χ0n) is 11.1. The van der Waals surface area contributed by atoms with Gasteiger partial charge in [-0.2, -0.15) is 0 Å². The van der Waals surface area contributed by atoms with Crippen LogP contribution in [0.15, 0.2) is 18.2 Å². The number of carboxylic acids is 1. The minimum Gasteiger partial charge on any atom is -0.486 e. The van der Waals surface area contributed by atoms with Crippen molar-refractivity contribution in [3.63, 3.8) is 0 Å². The van der Waals surface area contributed by atoms with Gasteiger partial charge < -0.3 is 14.7 Å². The number of hydrogen-bond donors (Lipinski definition) is 1. The van der Waals surface area contributed by atoms with Gasteiger partial charge in [0.15, 0.2) is 0 Å². The Bertz CT molecular complexity index is 482. The number of carbonyl (C=O) groups is 1. The number of hydrogen-bond acceptors (Lipinski definition) is 3. The summed E-state index contributed by atoms with van der Waals surface area (Å²) in [6.45, 7) is 3.71. The third-order valence-corrected chi connectivity index (χ3v) is 3.59. The molecule has 1 N–H and O–H groups in total. The fraction of sp³-hybridized carbons (Fsp3) is 0.500. The monoisotopic (exact) mass is 267 g/mol. The number of piperidine rings is 1. The van der Waals surface area contributed by atoms with Crippen molar-refractivity contribution in [3.8, 4) is 5.75 Å². The van der Waals surface area contributed by atoms with Crippen LogP contribution in [0.3, 0.4) is 0 Å². The van der Waals surface area contributed by atoms with Crippen molar-refractivity contribution >= 4 is 5.97 Å². The highest BCUT2D eigenvalue weighted by atomic mass is 19.1. The molecule has 19 heavy (non-hydrogen) atoms. The van der Waals surface area contributed by atoms with Crippen molar-refractivity contribution in [2.24, 2.45) is 0 Å². The predicted octanol–water partition coefficient (Wildman–Crippen LogP) is 2.39. The summed E-state index contributed by atoms with van der Waals surface area (Å²) in [4.78, 5) is 13.3. The maximum atomic E-state index is 13.6. The first-order valence-electron chi connectivity index (χ1n) is 6.31. The number of carboxylic acid groups (broad SMARTS) is 1. The van der Waals surface area contributed by atoms with Crippen LogP contribution >= 0.6 is 0 Å². The molecule has 0 atom stereocenters. The van der Waals surface area contributed by atoms with Crippen LogP contribution in [0.25, 0.3) is 0 Å². The summed E-state index contributed by atoms with van der Waals surface area (Å²) in [6.07, 6.45) is 1.58. The van der Waals surface area contributed by atoms with Gasteiger partial charge in [-0.1, -0.05) is 6.07 Å². The lowest BCUT2D eigenvalue weighted by Gasteiger charge is -2.38. The summed E-state index contributed by atoms with van der Waals surface area (Å²) in [5.41, 5.74) is -0.826. The SMILES string of the molecule is CN1CCC(C)(Oc2cccc(F)c2C(=O)O)CC1. The smallest absolute Gasteiger partial charge is 0.342 e. The van der Waals surface area contributed by atoms with E-state index in [0.717, 1.165) is 32.0 Å². The lowest BCUT2D eigenvalue weighted by atomic mass is 9.93. The molecule has 4 nitrogen and oxygen atoms in total. The molecule has 0 bridgehead atoms. The minimum absolute atomic E-state index is 0.111. The molecule has 1 aliphatic heterocycles. The number of nitrogens with zero attached hydrogens (tertiary/aromatic N) is 1. The van der Waals surface area contributed by atoms with Crippen molar-refractivity contribution < 1.29 is 19.0 Å². The highest BCUT2D eigenvalue weighted by Crippen LogP contribution is 2.31. The summed E-state index contributed by atoms with van der Waals surface area (Å²) in [5, 5.41) is 9.07. The molecule has 1 aliphatic rings. The summed E-state index contributed by atoms with van der Waals surface area (Å²) in [7, 11) is 2.03. The first-order chi connectivity index (χ1) is 8.91. The number of halogens is 1. The van der Waals surface area contributed by atoms with E-state index in [4.69, 9.17) is 9.84 Å². The van der Waals surface area contributed by atoms with E-state index >= 15 is 0 Å². The first-order valence-corrected chi connectivity index (χ1v) is 6.31. The van der Waals surface area contributed by atoms with Gasteiger partial charge in [0.1, 0.15) is 22.7 Å². The summed E-state index contributed by atoms with van der Waals surface area (Å²) in [6, 6.07) is 4.11. The fourth-order valence-electron chi connectivity index (χ4n) is 2.26. The Hall–Kier alpha value is -1.62. The Morgan fingerprint density at radius 1 is 1.42 bits per heavy atom. The lowest BCUT2D eigenvalue weighted by Crippen LogP contribution is -2.44. The van der Waals surface area contributed by atoms with E-state index in [-0.39, 0.29) is 11.3 Å². The van der Waals surface area contributed by atoms with Crippen molar-refractivity contribution in [2.45, 2.75) is 25.4 Å². The number of likely N-dealkylation sites (tertiary alicyclic amines) is 1. The molecule has 1 saturated heterocycles. The molecule has 5 heteroatoms. The Labute approximate surface area is 111 Å². The fourth-order valence-corrected chi connectivity index (χ4v) is 2.26. The number of aromatic carboxylic acids is 1. The number of ether oxygens (including phenoxy) is 1. The molecule has 0 aromatic heterocycles. The molecule has 0 spiro atoms. The summed E-state index contributed by atoms with van der Waals surface area (Å²) in [5.74, 6) is -1.95. The Kier molecular flexibility index (Phi) is 3.75. The van der Waals surface area contributed by atoms with Gasteiger partial charge in [0, 0.05) is 13.1 Å². The van der Waals surface area contributed by atoms with E-state index in [2.05, 4.69) is 4.90 Å². The van der Waals surface area contributed by atoms with Crippen LogP contribution in [-0.2, 0) is 0 Å². The van der Waals surface area contributed by atoms with E-state index in [1.165, 1.54) is 12.1 Å². The van der Waals surface area contributed by atoms with Crippen LogP contribution in [-0.4, -0.2) is 41.7 Å². The van der Waals surface area contributed by atoms with Crippen LogP contribution in [0.4, 0.5) is 4.39 Å². The molecule has 1 heterocycles. The second kappa shape index (κ2) is 5.17. The molecular weight excluding hydrogens is 249 g/mol. The van der Waals surface area contributed by atoms with E-state index in [1.807, 2.05) is 14.0 Å². The molecule has 0 unspecified atom stereocenters. The minimum atomic E-state index is -1.30. The van der Waals surface area contributed by atoms with Gasteiger partial charge in [0.2, 0.25) is 0 Å². The first kappa shape index (κ1) is 13.8. The highest BCUT2D eigenvalue weighted by Gasteiger charge is 2.32. The van der Waals surface area contributed by atoms with Gasteiger partial charge in [-0.05, 0) is 38.9 Å². The van der Waals surface area contributed by atoms with E-state index in [9.17, 15) is 9.18 Å². The third-order valence-electron chi connectivity index (χ3n) is 3.59. The molecule has 0 aliphatic carbocycles. The summed E-state index contributed by atoms with van der Waals surface area (Å²) < 4.78 is 19.4. The van der Waals surface area contributed by atoms with Crippen LogP contribution in [0, 0.1) is 5.82 Å². The van der Waals surface area contributed by atoms with Crippen molar-refractivity contribution in [1.29, 1.82) is 0 Å². The van der Waals surface area contributed by atoms with E-state index < -0.39 is 17.4 Å². The van der Waals surface area contributed by atoms with Crippen LogP contribution in [0.1, 0.15) is 30.1 Å². The molecule has 2 rings (SSSR count). The van der Waals surface area contributed by atoms with Crippen LogP contribution < -0.4 is 4.74 Å². The number of rotatable bonds is 3. The van der Waals surface area contributed by atoms with Gasteiger partial charge in [-0.25, -0.2) is 9.18 Å². The lowest BCUT2D eigenvalue weighted by molar-refractivity contribution is 0.0222. The van der Waals surface area contributed by atoms with Gasteiger partial charge in [-0.15, -0.1) is 0 Å². The quantitative estimate of drug-likeness (QED) is 0.913. The Morgan fingerprint density at radius 3 is 2.63 bits per heavy atom. The summed E-state index contributed by atoms with van der Waals surface area (Å²) >= 11 is 0. The van der Waals surface area contributed by atoms with E-state index in [1.54, 1.807) is 0 Å². The van der Waals surface area contributed by atoms with Crippen LogP contribution in [0.5, 0.6) is 5.75 Å². The molecule has 104 valence electrons. The Morgan fingerprint density at radius 2 is 2.05 bits per heavy atom. The van der Waals surface area contributed by atoms with Crippen LogP contribution in [0.2, 0.25) is 0 Å². The molecule has 1 aromatic carbocycles. The van der Waals surface area contributed by atoms with Crippen molar-refractivity contribution in [1.82, 2.24) is 4.90 Å². The van der Waals surface area contributed by atoms with E-state index in [0.29, 0.717) is 0 Å². The zero-order chi connectivity index (χ0) is 14.0. The van der Waals surface area contributed by atoms with Gasteiger partial charge >= 0.3 is 5.97 Å². The largest absolute Gasteiger partial charge is 0.486 e. The predicted molar refractivity (Wildman–Crippen MR) is 69.1 cm³/mol. The molecular formula is C14H18FNO3. The zero-order valence-corrected chi connectivity index (χ0v) is 11.1.